The number of ketones is 1. The molecule has 144 valence electrons. The molecular weight excluding hydrogens is 358 g/mol. The summed E-state index contributed by atoms with van der Waals surface area (Å²) in [6.07, 6.45) is 11.8. The Kier molecular flexibility index (Phi) is 5.82. The van der Waals surface area contributed by atoms with Gasteiger partial charge in [-0.2, -0.15) is 0 Å². The lowest BCUT2D eigenvalue weighted by Crippen LogP contribution is -2.49. The van der Waals surface area contributed by atoms with E-state index in [4.69, 9.17) is 11.6 Å². The second-order valence-corrected chi connectivity index (χ2v) is 8.56. The molecule has 1 aromatic carbocycles. The van der Waals surface area contributed by atoms with Gasteiger partial charge in [-0.05, 0) is 67.8 Å². The zero-order valence-corrected chi connectivity index (χ0v) is 16.4. The fourth-order valence-electron chi connectivity index (χ4n) is 5.34. The zero-order chi connectivity index (χ0) is 18.8. The van der Waals surface area contributed by atoms with Crippen LogP contribution in [-0.2, 0) is 4.79 Å². The number of hydrogen-bond acceptors (Lipinski definition) is 3. The van der Waals surface area contributed by atoms with Crippen LogP contribution in [-0.4, -0.2) is 41.0 Å². The van der Waals surface area contributed by atoms with Crippen molar-refractivity contribution in [2.24, 2.45) is 5.92 Å². The number of benzene rings is 1. The molecule has 2 heterocycles. The van der Waals surface area contributed by atoms with Crippen LogP contribution in [0.2, 0.25) is 5.02 Å². The van der Waals surface area contributed by atoms with Crippen molar-refractivity contribution in [1.29, 1.82) is 0 Å². The summed E-state index contributed by atoms with van der Waals surface area (Å²) in [6.45, 7) is 1.18. The van der Waals surface area contributed by atoms with Gasteiger partial charge in [0.15, 0.2) is 5.78 Å². The number of piperidine rings is 1. The third-order valence-corrected chi connectivity index (χ3v) is 6.94. The van der Waals surface area contributed by atoms with E-state index in [1.165, 1.54) is 12.0 Å². The predicted molar refractivity (Wildman–Crippen MR) is 109 cm³/mol. The molecule has 4 unspecified atom stereocenters. The van der Waals surface area contributed by atoms with Crippen LogP contribution in [0.3, 0.4) is 0 Å². The van der Waals surface area contributed by atoms with Crippen LogP contribution in [0, 0.1) is 5.92 Å². The molecule has 2 saturated heterocycles. The van der Waals surface area contributed by atoms with Crippen molar-refractivity contribution in [3.8, 4) is 0 Å². The highest BCUT2D eigenvalue weighted by atomic mass is 35.5. The van der Waals surface area contributed by atoms with Gasteiger partial charge in [0.25, 0.3) is 0 Å². The van der Waals surface area contributed by atoms with Crippen molar-refractivity contribution in [3.63, 3.8) is 0 Å². The Hall–Kier alpha value is -1.42. The lowest BCUT2D eigenvalue weighted by atomic mass is 9.76. The topological polar surface area (TPSA) is 40.5 Å². The predicted octanol–water partition coefficient (Wildman–Crippen LogP) is 4.50. The second kappa shape index (κ2) is 8.30. The molecule has 2 bridgehead atoms. The van der Waals surface area contributed by atoms with E-state index in [9.17, 15) is 9.90 Å². The number of allylic oxidation sites excluding steroid dienone is 4. The lowest BCUT2D eigenvalue weighted by molar-refractivity contribution is -0.115. The highest BCUT2D eigenvalue weighted by molar-refractivity contribution is 6.30. The number of carbonyl (C=O) groups excluding carboxylic acids is 1. The Balaban J connectivity index is 1.38. The van der Waals surface area contributed by atoms with Crippen molar-refractivity contribution in [1.82, 2.24) is 4.90 Å². The average molecular weight is 386 g/mol. The second-order valence-electron chi connectivity index (χ2n) is 8.13. The number of carbonyl (C=O) groups is 1. The maximum absolute atomic E-state index is 12.3. The summed E-state index contributed by atoms with van der Waals surface area (Å²) in [7, 11) is 0. The molecule has 0 saturated carbocycles. The summed E-state index contributed by atoms with van der Waals surface area (Å²) in [5, 5.41) is 10.9. The van der Waals surface area contributed by atoms with Gasteiger partial charge in [-0.1, -0.05) is 42.0 Å². The van der Waals surface area contributed by atoms with E-state index in [1.807, 2.05) is 30.4 Å². The third-order valence-electron chi connectivity index (χ3n) is 6.69. The average Bonchev–Trinajstić information content (AvgIpc) is 3.30. The number of hydrogen-bond donors (Lipinski definition) is 1. The molecule has 2 aliphatic heterocycles. The molecule has 0 aromatic heterocycles. The van der Waals surface area contributed by atoms with E-state index in [2.05, 4.69) is 17.0 Å². The number of aliphatic hydroxyl groups is 1. The van der Waals surface area contributed by atoms with Gasteiger partial charge in [0.2, 0.25) is 0 Å². The largest absolute Gasteiger partial charge is 0.396 e. The molecule has 4 heteroatoms. The molecule has 3 nitrogen and oxygen atoms in total. The highest BCUT2D eigenvalue weighted by Gasteiger charge is 2.46. The van der Waals surface area contributed by atoms with E-state index in [-0.39, 0.29) is 12.5 Å². The van der Waals surface area contributed by atoms with Gasteiger partial charge in [0.05, 0.1) is 0 Å². The standard InChI is InChI=1S/C23H28ClNO2/c24-18-9-7-16(8-10-18)20-14-19-11-12-22(21(20)15-26)25(19)13-3-6-23(27)17-4-1-2-5-17/h1-2,4,7-10,19-22,26H,3,5-6,11-15H2. The van der Waals surface area contributed by atoms with Gasteiger partial charge in [-0.3, -0.25) is 9.69 Å². The number of Topliss-reactive ketones (excluding diaryl/α,β-unsaturated/α-hetero) is 1. The van der Waals surface area contributed by atoms with Crippen molar-refractivity contribution in [3.05, 3.63) is 58.7 Å². The van der Waals surface area contributed by atoms with Crippen LogP contribution >= 0.6 is 11.6 Å². The summed E-state index contributed by atoms with van der Waals surface area (Å²) in [5.41, 5.74) is 2.25. The van der Waals surface area contributed by atoms with Gasteiger partial charge in [-0.25, -0.2) is 0 Å². The van der Waals surface area contributed by atoms with Gasteiger partial charge in [0.1, 0.15) is 0 Å². The van der Waals surface area contributed by atoms with E-state index in [0.717, 1.165) is 42.8 Å². The number of rotatable bonds is 7. The molecule has 1 N–H and O–H groups in total. The molecule has 2 fully saturated rings. The summed E-state index contributed by atoms with van der Waals surface area (Å²) >= 11 is 6.05. The summed E-state index contributed by atoms with van der Waals surface area (Å²) in [5.74, 6) is 0.960. The van der Waals surface area contributed by atoms with Gasteiger partial charge < -0.3 is 5.11 Å². The molecular formula is C23H28ClNO2. The van der Waals surface area contributed by atoms with Crippen LogP contribution in [0.4, 0.5) is 0 Å². The quantitative estimate of drug-likeness (QED) is 0.751. The highest BCUT2D eigenvalue weighted by Crippen LogP contribution is 2.46. The Bertz CT molecular complexity index is 739. The minimum absolute atomic E-state index is 0.221. The van der Waals surface area contributed by atoms with E-state index in [1.54, 1.807) is 0 Å². The van der Waals surface area contributed by atoms with Crippen LogP contribution in [0.15, 0.2) is 48.1 Å². The summed E-state index contributed by atoms with van der Waals surface area (Å²) in [6, 6.07) is 9.15. The first-order valence-electron chi connectivity index (χ1n) is 10.2. The Morgan fingerprint density at radius 1 is 1.22 bits per heavy atom. The van der Waals surface area contributed by atoms with Gasteiger partial charge in [-0.15, -0.1) is 0 Å². The maximum Gasteiger partial charge on any atom is 0.159 e. The molecule has 4 atom stereocenters. The third kappa shape index (κ3) is 3.91. The molecule has 0 spiro atoms. The van der Waals surface area contributed by atoms with Gasteiger partial charge >= 0.3 is 0 Å². The Labute approximate surface area is 166 Å². The number of nitrogens with zero attached hydrogens (tertiary/aromatic N) is 1. The molecule has 0 amide bonds. The molecule has 4 rings (SSSR count). The van der Waals surface area contributed by atoms with Crippen molar-refractivity contribution >= 4 is 17.4 Å². The lowest BCUT2D eigenvalue weighted by Gasteiger charge is -2.44. The number of fused-ring (bicyclic) bond motifs is 2. The van der Waals surface area contributed by atoms with Crippen molar-refractivity contribution in [2.75, 3.05) is 13.2 Å². The van der Waals surface area contributed by atoms with Crippen LogP contribution in [0.25, 0.3) is 0 Å². The van der Waals surface area contributed by atoms with E-state index < -0.39 is 0 Å². The van der Waals surface area contributed by atoms with Crippen LogP contribution in [0.1, 0.15) is 50.0 Å². The van der Waals surface area contributed by atoms with Crippen molar-refractivity contribution < 1.29 is 9.90 Å². The fourth-order valence-corrected chi connectivity index (χ4v) is 5.47. The Morgan fingerprint density at radius 2 is 2.04 bits per heavy atom. The Morgan fingerprint density at radius 3 is 2.74 bits per heavy atom. The summed E-state index contributed by atoms with van der Waals surface area (Å²) < 4.78 is 0. The normalized spacial score (nSPS) is 29.9. The first-order chi connectivity index (χ1) is 13.2. The smallest absolute Gasteiger partial charge is 0.159 e. The van der Waals surface area contributed by atoms with Gasteiger partial charge in [0, 0.05) is 36.1 Å². The monoisotopic (exact) mass is 385 g/mol. The molecule has 1 aliphatic carbocycles. The van der Waals surface area contributed by atoms with Crippen molar-refractivity contribution in [2.45, 2.75) is 56.5 Å². The first kappa shape index (κ1) is 18.9. The van der Waals surface area contributed by atoms with E-state index >= 15 is 0 Å². The summed E-state index contributed by atoms with van der Waals surface area (Å²) in [4.78, 5) is 14.9. The minimum atomic E-state index is 0.221. The maximum atomic E-state index is 12.3. The molecule has 27 heavy (non-hydrogen) atoms. The van der Waals surface area contributed by atoms with Crippen LogP contribution in [0.5, 0.6) is 0 Å². The number of halogens is 1. The minimum Gasteiger partial charge on any atom is -0.396 e. The zero-order valence-electron chi connectivity index (χ0n) is 15.7. The number of aliphatic hydroxyl groups excluding tert-OH is 1. The van der Waals surface area contributed by atoms with E-state index in [0.29, 0.717) is 30.2 Å². The molecule has 1 aromatic rings. The molecule has 0 radical (unpaired) electrons. The first-order valence-corrected chi connectivity index (χ1v) is 10.6. The molecule has 3 aliphatic rings. The fraction of sp³-hybridized carbons (Fsp3) is 0.522. The SMILES string of the molecule is O=C(CCCN1C2CCC1C(CO)C(c1ccc(Cl)cc1)C2)C1=CC=CC1. The van der Waals surface area contributed by atoms with Crippen LogP contribution < -0.4 is 0 Å².